The third-order valence-electron chi connectivity index (χ3n) is 2.83. The fourth-order valence-electron chi connectivity index (χ4n) is 1.74. The topological polar surface area (TPSA) is 49.8 Å². The van der Waals surface area contributed by atoms with Gasteiger partial charge < -0.3 is 10.6 Å². The fourth-order valence-corrected chi connectivity index (χ4v) is 2.46. The monoisotopic (exact) mass is 282 g/mol. The number of hydrogen-bond acceptors (Lipinski definition) is 5. The maximum Gasteiger partial charge on any atom is 0.135 e. The van der Waals surface area contributed by atoms with E-state index in [1.165, 1.54) is 0 Å². The molecule has 0 aliphatic rings. The van der Waals surface area contributed by atoms with Gasteiger partial charge in [-0.1, -0.05) is 20.8 Å². The van der Waals surface area contributed by atoms with Gasteiger partial charge in [-0.25, -0.2) is 9.97 Å². The third-order valence-corrected chi connectivity index (χ3v) is 3.57. The zero-order valence-corrected chi connectivity index (χ0v) is 13.5. The smallest absolute Gasteiger partial charge is 0.135 e. The van der Waals surface area contributed by atoms with Gasteiger partial charge in [0, 0.05) is 30.3 Å². The minimum absolute atomic E-state index is 0.333. The molecule has 4 nitrogen and oxygen atoms in total. The van der Waals surface area contributed by atoms with Crippen LogP contribution < -0.4 is 10.6 Å². The van der Waals surface area contributed by atoms with Crippen LogP contribution in [-0.4, -0.2) is 34.6 Å². The second-order valence-corrected chi connectivity index (χ2v) is 5.80. The molecule has 0 aromatic carbocycles. The number of nitrogens with one attached hydrogen (secondary N) is 2. The van der Waals surface area contributed by atoms with E-state index < -0.39 is 0 Å². The predicted molar refractivity (Wildman–Crippen MR) is 86.4 cm³/mol. The van der Waals surface area contributed by atoms with Crippen LogP contribution >= 0.6 is 11.8 Å². The Morgan fingerprint density at radius 2 is 1.89 bits per heavy atom. The molecule has 19 heavy (non-hydrogen) atoms. The molecule has 108 valence electrons. The molecule has 0 saturated heterocycles. The third kappa shape index (κ3) is 5.27. The van der Waals surface area contributed by atoms with Crippen LogP contribution in [-0.2, 0) is 0 Å². The van der Waals surface area contributed by atoms with Crippen LogP contribution in [0.1, 0.15) is 45.9 Å². The van der Waals surface area contributed by atoms with Crippen LogP contribution in [0.25, 0.3) is 0 Å². The van der Waals surface area contributed by atoms with Crippen LogP contribution in [0, 0.1) is 0 Å². The molecule has 0 saturated carbocycles. The molecule has 1 heterocycles. The van der Waals surface area contributed by atoms with Gasteiger partial charge in [0.2, 0.25) is 0 Å². The van der Waals surface area contributed by atoms with Crippen molar-refractivity contribution < 1.29 is 0 Å². The molecule has 0 spiro atoms. The summed E-state index contributed by atoms with van der Waals surface area (Å²) in [5, 5.41) is 6.78. The van der Waals surface area contributed by atoms with Gasteiger partial charge in [-0.3, -0.25) is 0 Å². The lowest BCUT2D eigenvalue weighted by Crippen LogP contribution is -2.22. The summed E-state index contributed by atoms with van der Waals surface area (Å²) < 4.78 is 0. The summed E-state index contributed by atoms with van der Waals surface area (Å²) in [5.74, 6) is 4.15. The first-order valence-electron chi connectivity index (χ1n) is 6.99. The van der Waals surface area contributed by atoms with Crippen molar-refractivity contribution in [2.75, 3.05) is 29.2 Å². The molecular formula is C14H26N4S. The molecule has 1 rings (SSSR count). The quantitative estimate of drug-likeness (QED) is 0.763. The van der Waals surface area contributed by atoms with Gasteiger partial charge >= 0.3 is 0 Å². The molecule has 0 bridgehead atoms. The molecule has 1 aromatic rings. The Labute approximate surface area is 121 Å². The summed E-state index contributed by atoms with van der Waals surface area (Å²) in [4.78, 5) is 9.15. The number of nitrogens with zero attached hydrogens (tertiary/aromatic N) is 2. The highest BCUT2D eigenvalue weighted by Gasteiger charge is 2.11. The molecule has 1 unspecified atom stereocenters. The average Bonchev–Trinajstić information content (AvgIpc) is 2.38. The van der Waals surface area contributed by atoms with Gasteiger partial charge in [-0.15, -0.1) is 0 Å². The number of hydrogen-bond donors (Lipinski definition) is 2. The van der Waals surface area contributed by atoms with Crippen molar-refractivity contribution >= 4 is 23.4 Å². The molecule has 0 aliphatic carbocycles. The maximum atomic E-state index is 4.61. The lowest BCUT2D eigenvalue weighted by Gasteiger charge is -2.18. The first kappa shape index (κ1) is 16.1. The summed E-state index contributed by atoms with van der Waals surface area (Å²) in [5.41, 5.74) is 0. The van der Waals surface area contributed by atoms with E-state index >= 15 is 0 Å². The molecular weight excluding hydrogens is 256 g/mol. The highest BCUT2D eigenvalue weighted by molar-refractivity contribution is 7.98. The summed E-state index contributed by atoms with van der Waals surface area (Å²) >= 11 is 1.86. The van der Waals surface area contributed by atoms with E-state index in [2.05, 4.69) is 54.6 Å². The normalized spacial score (nSPS) is 12.5. The highest BCUT2D eigenvalue weighted by atomic mass is 32.2. The van der Waals surface area contributed by atoms with Gasteiger partial charge in [0.25, 0.3) is 0 Å². The standard InChI is InChI=1S/C14H26N4S/c1-6-11(9-19-5)16-13-8-12(15-7-2)17-14(18-13)10(3)4/h8,10-11H,6-7,9H2,1-5H3,(H2,15,16,17,18). The summed E-state index contributed by atoms with van der Waals surface area (Å²) in [7, 11) is 0. The number of rotatable bonds is 8. The average molecular weight is 282 g/mol. The van der Waals surface area contributed by atoms with Crippen molar-refractivity contribution in [2.45, 2.75) is 46.1 Å². The molecule has 0 aliphatic heterocycles. The van der Waals surface area contributed by atoms with Crippen LogP contribution in [0.4, 0.5) is 11.6 Å². The highest BCUT2D eigenvalue weighted by Crippen LogP contribution is 2.18. The van der Waals surface area contributed by atoms with Crippen LogP contribution in [0.5, 0.6) is 0 Å². The molecule has 0 fully saturated rings. The second-order valence-electron chi connectivity index (χ2n) is 4.89. The molecule has 1 atom stereocenters. The van der Waals surface area contributed by atoms with Gasteiger partial charge in [0.1, 0.15) is 17.5 Å². The lowest BCUT2D eigenvalue weighted by atomic mass is 10.2. The van der Waals surface area contributed by atoms with Gasteiger partial charge in [0.15, 0.2) is 0 Å². The Bertz CT molecular complexity index is 382. The van der Waals surface area contributed by atoms with Crippen LogP contribution in [0.15, 0.2) is 6.07 Å². The first-order valence-corrected chi connectivity index (χ1v) is 8.38. The largest absolute Gasteiger partial charge is 0.370 e. The van der Waals surface area contributed by atoms with E-state index in [0.29, 0.717) is 12.0 Å². The number of thioether (sulfide) groups is 1. The van der Waals surface area contributed by atoms with Crippen LogP contribution in [0.2, 0.25) is 0 Å². The van der Waals surface area contributed by atoms with Crippen molar-refractivity contribution in [1.29, 1.82) is 0 Å². The fraction of sp³-hybridized carbons (Fsp3) is 0.714. The summed E-state index contributed by atoms with van der Waals surface area (Å²) in [6.07, 6.45) is 3.23. The minimum Gasteiger partial charge on any atom is -0.370 e. The van der Waals surface area contributed by atoms with E-state index in [-0.39, 0.29) is 0 Å². The van der Waals surface area contributed by atoms with Crippen molar-refractivity contribution in [3.8, 4) is 0 Å². The molecule has 2 N–H and O–H groups in total. The lowest BCUT2D eigenvalue weighted by molar-refractivity contribution is 0.748. The zero-order chi connectivity index (χ0) is 14.3. The summed E-state index contributed by atoms with van der Waals surface area (Å²) in [6, 6.07) is 2.46. The van der Waals surface area contributed by atoms with Crippen molar-refractivity contribution in [3.05, 3.63) is 11.9 Å². The number of anilines is 2. The summed E-state index contributed by atoms with van der Waals surface area (Å²) in [6.45, 7) is 9.38. The van der Waals surface area contributed by atoms with E-state index in [1.807, 2.05) is 17.8 Å². The number of aromatic nitrogens is 2. The van der Waals surface area contributed by atoms with E-state index in [1.54, 1.807) is 0 Å². The Hall–Kier alpha value is -0.970. The second kappa shape index (κ2) is 8.25. The molecule has 0 radical (unpaired) electrons. The maximum absolute atomic E-state index is 4.61. The first-order chi connectivity index (χ1) is 9.10. The Kier molecular flexibility index (Phi) is 6.99. The molecule has 1 aromatic heterocycles. The van der Waals surface area contributed by atoms with Gasteiger partial charge in [-0.2, -0.15) is 11.8 Å². The Morgan fingerprint density at radius 3 is 2.42 bits per heavy atom. The molecule has 0 amide bonds. The van der Waals surface area contributed by atoms with E-state index in [4.69, 9.17) is 0 Å². The molecule has 5 heteroatoms. The minimum atomic E-state index is 0.333. The van der Waals surface area contributed by atoms with Crippen molar-refractivity contribution in [2.24, 2.45) is 0 Å². The van der Waals surface area contributed by atoms with Gasteiger partial charge in [0.05, 0.1) is 0 Å². The van der Waals surface area contributed by atoms with E-state index in [9.17, 15) is 0 Å². The van der Waals surface area contributed by atoms with Crippen LogP contribution in [0.3, 0.4) is 0 Å². The predicted octanol–water partition coefficient (Wildman–Crippen LogP) is 3.59. The Balaban J connectivity index is 2.91. The van der Waals surface area contributed by atoms with E-state index in [0.717, 1.165) is 36.2 Å². The van der Waals surface area contributed by atoms with Gasteiger partial charge in [-0.05, 0) is 19.6 Å². The Morgan fingerprint density at radius 1 is 1.21 bits per heavy atom. The van der Waals surface area contributed by atoms with Crippen molar-refractivity contribution in [1.82, 2.24) is 9.97 Å². The zero-order valence-electron chi connectivity index (χ0n) is 12.7. The van der Waals surface area contributed by atoms with Crippen molar-refractivity contribution in [3.63, 3.8) is 0 Å². The SMILES string of the molecule is CCNc1cc(NC(CC)CSC)nc(C(C)C)n1.